The van der Waals surface area contributed by atoms with E-state index in [0.717, 1.165) is 23.6 Å². The van der Waals surface area contributed by atoms with Gasteiger partial charge in [-0.05, 0) is 12.2 Å². The number of rotatable bonds is 8. The van der Waals surface area contributed by atoms with E-state index in [0.29, 0.717) is 11.6 Å². The lowest BCUT2D eigenvalue weighted by Crippen LogP contribution is -2.21. The van der Waals surface area contributed by atoms with Gasteiger partial charge in [-0.1, -0.05) is 0 Å². The summed E-state index contributed by atoms with van der Waals surface area (Å²) < 4.78 is 0. The van der Waals surface area contributed by atoms with Crippen LogP contribution in [0.25, 0.3) is 0 Å². The van der Waals surface area contributed by atoms with Crippen LogP contribution in [0.1, 0.15) is 18.5 Å². The third-order valence-corrected chi connectivity index (χ3v) is 3.80. The Bertz CT molecular complexity index is 416. The van der Waals surface area contributed by atoms with E-state index in [4.69, 9.17) is 16.6 Å². The second kappa shape index (κ2) is 8.06. The number of aliphatic imine (C=N–C) groups is 1. The van der Waals surface area contributed by atoms with Crippen molar-refractivity contribution in [3.05, 3.63) is 11.1 Å². The molecule has 0 unspecified atom stereocenters. The van der Waals surface area contributed by atoms with Gasteiger partial charge < -0.3 is 16.6 Å². The highest BCUT2D eigenvalue weighted by Gasteiger charge is 2.02. The standard InChI is InChI=1S/C10H16N4O2S2/c11-9(12)14-10-13-7(6-18-10)5-17-3-1-2-8(16)4-15/h6,15H,1-5H2,(H4,11,12,13,14). The van der Waals surface area contributed by atoms with Crippen molar-refractivity contribution in [2.75, 3.05) is 12.4 Å². The van der Waals surface area contributed by atoms with E-state index in [-0.39, 0.29) is 18.3 Å². The first-order valence-corrected chi connectivity index (χ1v) is 7.39. The first kappa shape index (κ1) is 14.9. The molecule has 100 valence electrons. The third kappa shape index (κ3) is 5.99. The van der Waals surface area contributed by atoms with Crippen molar-refractivity contribution in [3.8, 4) is 0 Å². The molecule has 1 rings (SSSR count). The minimum absolute atomic E-state index is 0.00562. The Kier molecular flexibility index (Phi) is 6.69. The molecule has 0 amide bonds. The fourth-order valence-corrected chi connectivity index (χ4v) is 2.81. The van der Waals surface area contributed by atoms with Crippen LogP contribution in [0.4, 0.5) is 5.13 Å². The molecule has 0 saturated carbocycles. The van der Waals surface area contributed by atoms with E-state index in [2.05, 4.69) is 9.98 Å². The third-order valence-electron chi connectivity index (χ3n) is 1.93. The van der Waals surface area contributed by atoms with Crippen molar-refractivity contribution in [2.24, 2.45) is 16.5 Å². The number of aromatic nitrogens is 1. The number of guanidine groups is 1. The van der Waals surface area contributed by atoms with Crippen molar-refractivity contribution >= 4 is 40.0 Å². The zero-order valence-electron chi connectivity index (χ0n) is 9.83. The molecule has 0 fully saturated rings. The van der Waals surface area contributed by atoms with E-state index in [1.807, 2.05) is 5.38 Å². The number of thioether (sulfide) groups is 1. The number of carbonyl (C=O) groups is 1. The average Bonchev–Trinajstić information content (AvgIpc) is 2.75. The molecule has 1 aromatic rings. The molecule has 0 radical (unpaired) electrons. The highest BCUT2D eigenvalue weighted by Crippen LogP contribution is 2.22. The minimum Gasteiger partial charge on any atom is -0.389 e. The molecule has 0 bridgehead atoms. The van der Waals surface area contributed by atoms with Gasteiger partial charge in [0.2, 0.25) is 5.13 Å². The van der Waals surface area contributed by atoms with Gasteiger partial charge in [0.15, 0.2) is 11.7 Å². The van der Waals surface area contributed by atoms with E-state index in [1.54, 1.807) is 11.8 Å². The lowest BCUT2D eigenvalue weighted by molar-refractivity contribution is -0.121. The second-order valence-corrected chi connectivity index (χ2v) is 5.45. The number of nitrogens with zero attached hydrogens (tertiary/aromatic N) is 2. The van der Waals surface area contributed by atoms with Gasteiger partial charge in [-0.25, -0.2) is 4.98 Å². The summed E-state index contributed by atoms with van der Waals surface area (Å²) in [5, 5.41) is 11.0. The van der Waals surface area contributed by atoms with E-state index >= 15 is 0 Å². The van der Waals surface area contributed by atoms with Crippen molar-refractivity contribution < 1.29 is 9.90 Å². The van der Waals surface area contributed by atoms with Gasteiger partial charge in [0.1, 0.15) is 6.61 Å². The molecule has 1 heterocycles. The number of nitrogens with two attached hydrogens (primary N) is 2. The predicted molar refractivity (Wildman–Crippen MR) is 75.1 cm³/mol. The molecule has 0 atom stereocenters. The zero-order chi connectivity index (χ0) is 13.4. The summed E-state index contributed by atoms with van der Waals surface area (Å²) >= 11 is 3.08. The van der Waals surface area contributed by atoms with Crippen LogP contribution in [0, 0.1) is 0 Å². The Balaban J connectivity index is 2.21. The van der Waals surface area contributed by atoms with Gasteiger partial charge in [0.05, 0.1) is 5.69 Å². The number of hydrogen-bond acceptors (Lipinski definition) is 6. The second-order valence-electron chi connectivity index (χ2n) is 3.51. The molecule has 0 aliphatic heterocycles. The predicted octanol–water partition coefficient (Wildman–Crippen LogP) is 0.623. The number of Topliss-reactive ketones (excluding diaryl/α,β-unsaturated/α-hetero) is 1. The Labute approximate surface area is 113 Å². The Hall–Kier alpha value is -1.12. The van der Waals surface area contributed by atoms with Crippen molar-refractivity contribution in [1.82, 2.24) is 4.98 Å². The number of aliphatic hydroxyl groups is 1. The first-order valence-electron chi connectivity index (χ1n) is 5.36. The van der Waals surface area contributed by atoms with Crippen molar-refractivity contribution in [2.45, 2.75) is 18.6 Å². The van der Waals surface area contributed by atoms with Crippen LogP contribution in [0.3, 0.4) is 0 Å². The van der Waals surface area contributed by atoms with Gasteiger partial charge >= 0.3 is 0 Å². The summed E-state index contributed by atoms with van der Waals surface area (Å²) in [4.78, 5) is 18.9. The van der Waals surface area contributed by atoms with Gasteiger partial charge in [-0.15, -0.1) is 11.3 Å². The highest BCUT2D eigenvalue weighted by molar-refractivity contribution is 7.98. The number of ketones is 1. The smallest absolute Gasteiger partial charge is 0.212 e. The van der Waals surface area contributed by atoms with Gasteiger partial charge in [-0.2, -0.15) is 16.8 Å². The number of aliphatic hydroxyl groups excluding tert-OH is 1. The lowest BCUT2D eigenvalue weighted by Gasteiger charge is -1.98. The maximum absolute atomic E-state index is 10.8. The fraction of sp³-hybridized carbons (Fsp3) is 0.500. The summed E-state index contributed by atoms with van der Waals surface area (Å²) in [6.07, 6.45) is 1.20. The molecule has 5 N–H and O–H groups in total. The van der Waals surface area contributed by atoms with Crippen LogP contribution in [0.2, 0.25) is 0 Å². The molecule has 1 aromatic heterocycles. The molecular formula is C10H16N4O2S2. The highest BCUT2D eigenvalue weighted by atomic mass is 32.2. The normalized spacial score (nSPS) is 10.3. The van der Waals surface area contributed by atoms with Gasteiger partial charge in [-0.3, -0.25) is 4.79 Å². The molecule has 18 heavy (non-hydrogen) atoms. The molecule has 0 aromatic carbocycles. The van der Waals surface area contributed by atoms with Crippen LogP contribution in [-0.4, -0.2) is 34.2 Å². The van der Waals surface area contributed by atoms with Crippen LogP contribution in [0.15, 0.2) is 10.4 Å². The summed E-state index contributed by atoms with van der Waals surface area (Å²) in [5.41, 5.74) is 11.4. The van der Waals surface area contributed by atoms with E-state index in [9.17, 15) is 4.79 Å². The molecule has 0 aliphatic carbocycles. The summed E-state index contributed by atoms with van der Waals surface area (Å²) in [6, 6.07) is 0. The fourth-order valence-electron chi connectivity index (χ4n) is 1.15. The van der Waals surface area contributed by atoms with Crippen LogP contribution >= 0.6 is 23.1 Å². The molecule has 6 nitrogen and oxygen atoms in total. The van der Waals surface area contributed by atoms with Crippen molar-refractivity contribution in [1.29, 1.82) is 0 Å². The average molecular weight is 288 g/mol. The minimum atomic E-state index is -0.362. The molecular weight excluding hydrogens is 272 g/mol. The van der Waals surface area contributed by atoms with Gasteiger partial charge in [0.25, 0.3) is 0 Å². The van der Waals surface area contributed by atoms with Crippen LogP contribution in [-0.2, 0) is 10.5 Å². The number of carbonyl (C=O) groups excluding carboxylic acids is 1. The molecule has 0 saturated heterocycles. The molecule has 0 spiro atoms. The van der Waals surface area contributed by atoms with Crippen LogP contribution < -0.4 is 11.5 Å². The van der Waals surface area contributed by atoms with Crippen LogP contribution in [0.5, 0.6) is 0 Å². The summed E-state index contributed by atoms with van der Waals surface area (Å²) in [7, 11) is 0. The van der Waals surface area contributed by atoms with E-state index < -0.39 is 0 Å². The van der Waals surface area contributed by atoms with Gasteiger partial charge in [0, 0.05) is 17.6 Å². The molecule has 0 aliphatic rings. The topological polar surface area (TPSA) is 115 Å². The number of thiazole rings is 1. The molecule has 8 heteroatoms. The maximum Gasteiger partial charge on any atom is 0.212 e. The van der Waals surface area contributed by atoms with E-state index in [1.165, 1.54) is 11.3 Å². The summed E-state index contributed by atoms with van der Waals surface area (Å²) in [6.45, 7) is -0.362. The monoisotopic (exact) mass is 288 g/mol. The largest absolute Gasteiger partial charge is 0.389 e. The summed E-state index contributed by atoms with van der Waals surface area (Å²) in [5.74, 6) is 1.52. The van der Waals surface area contributed by atoms with Crippen molar-refractivity contribution in [3.63, 3.8) is 0 Å². The Morgan fingerprint density at radius 1 is 1.56 bits per heavy atom. The maximum atomic E-state index is 10.8. The number of hydrogen-bond donors (Lipinski definition) is 3. The zero-order valence-corrected chi connectivity index (χ0v) is 11.5. The SMILES string of the molecule is NC(N)=Nc1nc(CSCCCC(=O)CO)cs1. The Morgan fingerprint density at radius 3 is 3.00 bits per heavy atom. The Morgan fingerprint density at radius 2 is 2.33 bits per heavy atom. The quantitative estimate of drug-likeness (QED) is 0.367. The lowest BCUT2D eigenvalue weighted by atomic mass is 10.2. The first-order chi connectivity index (χ1) is 8.61.